The van der Waals surface area contributed by atoms with Gasteiger partial charge in [0.25, 0.3) is 0 Å². The maximum absolute atomic E-state index is 11.1. The van der Waals surface area contributed by atoms with Crippen molar-refractivity contribution in [1.29, 1.82) is 0 Å². The number of nitrogens with two attached hydrogens (primary N) is 1. The highest BCUT2D eigenvalue weighted by atomic mass is 32.2. The van der Waals surface area contributed by atoms with Crippen LogP contribution in [0.15, 0.2) is 0 Å². The van der Waals surface area contributed by atoms with E-state index in [-0.39, 0.29) is 11.3 Å². The molecule has 0 saturated heterocycles. The van der Waals surface area contributed by atoms with Gasteiger partial charge in [-0.25, -0.2) is 8.42 Å². The molecule has 0 amide bonds. The smallest absolute Gasteiger partial charge is 0.147 e. The molecular formula is C11H23NO2S. The SMILES string of the molecule is CC1CC(C)CC(N)(CCS(C)(=O)=O)C1. The summed E-state index contributed by atoms with van der Waals surface area (Å²) in [6.07, 6.45) is 5.05. The summed E-state index contributed by atoms with van der Waals surface area (Å²) in [5, 5.41) is 0. The molecule has 0 spiro atoms. The van der Waals surface area contributed by atoms with Crippen LogP contribution in [0.5, 0.6) is 0 Å². The van der Waals surface area contributed by atoms with Crippen molar-refractivity contribution in [3.63, 3.8) is 0 Å². The Balaban J connectivity index is 2.58. The molecule has 15 heavy (non-hydrogen) atoms. The lowest BCUT2D eigenvalue weighted by atomic mass is 9.71. The summed E-state index contributed by atoms with van der Waals surface area (Å²) in [4.78, 5) is 0. The summed E-state index contributed by atoms with van der Waals surface area (Å²) in [7, 11) is -2.88. The Labute approximate surface area is 93.3 Å². The van der Waals surface area contributed by atoms with Crippen LogP contribution in [0.3, 0.4) is 0 Å². The monoisotopic (exact) mass is 233 g/mol. The molecule has 1 aliphatic rings. The maximum atomic E-state index is 11.1. The van der Waals surface area contributed by atoms with E-state index in [0.717, 1.165) is 12.8 Å². The zero-order valence-corrected chi connectivity index (χ0v) is 10.8. The summed E-state index contributed by atoms with van der Waals surface area (Å²) >= 11 is 0. The van der Waals surface area contributed by atoms with Gasteiger partial charge in [-0.1, -0.05) is 13.8 Å². The van der Waals surface area contributed by atoms with Crippen molar-refractivity contribution in [1.82, 2.24) is 0 Å². The quantitative estimate of drug-likeness (QED) is 0.805. The predicted molar refractivity (Wildman–Crippen MR) is 63.4 cm³/mol. The molecule has 90 valence electrons. The van der Waals surface area contributed by atoms with Crippen molar-refractivity contribution in [3.8, 4) is 0 Å². The Kier molecular flexibility index (Phi) is 3.82. The van der Waals surface area contributed by atoms with E-state index in [9.17, 15) is 8.42 Å². The summed E-state index contributed by atoms with van der Waals surface area (Å²) in [6, 6.07) is 0. The summed E-state index contributed by atoms with van der Waals surface area (Å²) in [5.41, 5.74) is 6.03. The minimum atomic E-state index is -2.88. The summed E-state index contributed by atoms with van der Waals surface area (Å²) in [5.74, 6) is 1.47. The molecule has 2 N–H and O–H groups in total. The van der Waals surface area contributed by atoms with E-state index in [1.165, 1.54) is 12.7 Å². The van der Waals surface area contributed by atoms with Crippen molar-refractivity contribution in [2.45, 2.75) is 45.1 Å². The van der Waals surface area contributed by atoms with Crippen molar-refractivity contribution < 1.29 is 8.42 Å². The summed E-state index contributed by atoms with van der Waals surface area (Å²) in [6.45, 7) is 4.41. The number of hydrogen-bond donors (Lipinski definition) is 1. The van der Waals surface area contributed by atoms with Gasteiger partial charge in [0.05, 0.1) is 5.75 Å². The van der Waals surface area contributed by atoms with Gasteiger partial charge < -0.3 is 5.73 Å². The van der Waals surface area contributed by atoms with E-state index in [1.54, 1.807) is 0 Å². The lowest BCUT2D eigenvalue weighted by Gasteiger charge is -2.40. The molecule has 3 nitrogen and oxygen atoms in total. The minimum Gasteiger partial charge on any atom is -0.325 e. The average Bonchev–Trinajstić information content (AvgIpc) is 1.97. The van der Waals surface area contributed by atoms with Gasteiger partial charge in [-0.05, 0) is 37.5 Å². The molecular weight excluding hydrogens is 210 g/mol. The van der Waals surface area contributed by atoms with Crippen molar-refractivity contribution in [2.24, 2.45) is 17.6 Å². The highest BCUT2D eigenvalue weighted by molar-refractivity contribution is 7.90. The van der Waals surface area contributed by atoms with E-state index in [2.05, 4.69) is 13.8 Å². The number of rotatable bonds is 3. The standard InChI is InChI=1S/C11H23NO2S/c1-9-6-10(2)8-11(12,7-9)4-5-15(3,13)14/h9-10H,4-8,12H2,1-3H3. The molecule has 2 atom stereocenters. The second kappa shape index (κ2) is 4.42. The molecule has 0 aromatic carbocycles. The van der Waals surface area contributed by atoms with Crippen LogP contribution in [0.25, 0.3) is 0 Å². The Bertz CT molecular complexity index is 301. The Hall–Kier alpha value is -0.0900. The molecule has 0 aromatic heterocycles. The zero-order chi connectivity index (χ0) is 11.7. The molecule has 1 aliphatic carbocycles. The van der Waals surface area contributed by atoms with E-state index in [0.29, 0.717) is 18.3 Å². The number of sulfone groups is 1. The van der Waals surface area contributed by atoms with Crippen molar-refractivity contribution >= 4 is 9.84 Å². The van der Waals surface area contributed by atoms with Crippen molar-refractivity contribution in [2.75, 3.05) is 12.0 Å². The minimum absolute atomic E-state index is 0.225. The first-order valence-electron chi connectivity index (χ1n) is 5.67. The first kappa shape index (κ1) is 13.0. The molecule has 0 aliphatic heterocycles. The van der Waals surface area contributed by atoms with Gasteiger partial charge in [0.15, 0.2) is 0 Å². The third-order valence-electron chi connectivity index (χ3n) is 3.29. The number of hydrogen-bond acceptors (Lipinski definition) is 3. The Morgan fingerprint density at radius 2 is 1.73 bits per heavy atom. The van der Waals surface area contributed by atoms with E-state index in [1.807, 2.05) is 0 Å². The molecule has 1 rings (SSSR count). The lowest BCUT2D eigenvalue weighted by Crippen LogP contribution is -2.47. The van der Waals surface area contributed by atoms with Crippen LogP contribution in [-0.4, -0.2) is 26.0 Å². The fraction of sp³-hybridized carbons (Fsp3) is 1.00. The molecule has 4 heteroatoms. The fourth-order valence-electron chi connectivity index (χ4n) is 2.92. The fourth-order valence-corrected chi connectivity index (χ4v) is 3.69. The molecule has 1 saturated carbocycles. The van der Waals surface area contributed by atoms with Crippen LogP contribution in [0.4, 0.5) is 0 Å². The highest BCUT2D eigenvalue weighted by Gasteiger charge is 2.34. The second-order valence-corrected chi connectivity index (χ2v) is 7.86. The third kappa shape index (κ3) is 4.51. The second-order valence-electron chi connectivity index (χ2n) is 5.60. The van der Waals surface area contributed by atoms with Gasteiger partial charge in [-0.15, -0.1) is 0 Å². The van der Waals surface area contributed by atoms with Crippen molar-refractivity contribution in [3.05, 3.63) is 0 Å². The van der Waals surface area contributed by atoms with Crippen LogP contribution in [0.1, 0.15) is 39.5 Å². The van der Waals surface area contributed by atoms with Crippen LogP contribution < -0.4 is 5.73 Å². The van der Waals surface area contributed by atoms with Gasteiger partial charge in [0.2, 0.25) is 0 Å². The molecule has 0 heterocycles. The van der Waals surface area contributed by atoms with Gasteiger partial charge >= 0.3 is 0 Å². The van der Waals surface area contributed by atoms with Gasteiger partial charge in [-0.3, -0.25) is 0 Å². The molecule has 0 radical (unpaired) electrons. The van der Waals surface area contributed by atoms with Gasteiger partial charge in [0.1, 0.15) is 9.84 Å². The predicted octanol–water partition coefficient (Wildman–Crippen LogP) is 1.57. The summed E-state index contributed by atoms with van der Waals surface area (Å²) < 4.78 is 22.2. The highest BCUT2D eigenvalue weighted by Crippen LogP contribution is 2.36. The average molecular weight is 233 g/mol. The van der Waals surface area contributed by atoms with E-state index >= 15 is 0 Å². The Morgan fingerprint density at radius 3 is 2.13 bits per heavy atom. The first-order chi connectivity index (χ1) is 6.70. The van der Waals surface area contributed by atoms with Crippen LogP contribution in [0.2, 0.25) is 0 Å². The van der Waals surface area contributed by atoms with E-state index in [4.69, 9.17) is 5.73 Å². The maximum Gasteiger partial charge on any atom is 0.147 e. The van der Waals surface area contributed by atoms with Crippen LogP contribution in [-0.2, 0) is 9.84 Å². The Morgan fingerprint density at radius 1 is 1.27 bits per heavy atom. The molecule has 1 fully saturated rings. The molecule has 0 bridgehead atoms. The zero-order valence-electron chi connectivity index (χ0n) is 9.99. The van der Waals surface area contributed by atoms with Crippen LogP contribution >= 0.6 is 0 Å². The first-order valence-corrected chi connectivity index (χ1v) is 7.73. The van der Waals surface area contributed by atoms with Gasteiger partial charge in [0, 0.05) is 11.8 Å². The van der Waals surface area contributed by atoms with Crippen LogP contribution in [0, 0.1) is 11.8 Å². The third-order valence-corrected chi connectivity index (χ3v) is 4.23. The molecule has 0 aromatic rings. The largest absolute Gasteiger partial charge is 0.325 e. The molecule has 2 unspecified atom stereocenters. The van der Waals surface area contributed by atoms with Gasteiger partial charge in [-0.2, -0.15) is 0 Å². The lowest BCUT2D eigenvalue weighted by molar-refractivity contribution is 0.179. The topological polar surface area (TPSA) is 60.2 Å². The normalized spacial score (nSPS) is 37.9. The van der Waals surface area contributed by atoms with E-state index < -0.39 is 9.84 Å².